The standard InChI is InChI=1S/C44H31N3/c1-30-16-24-37(25-17-30)46-41-26-22-34(31-10-4-2-5-11-31)28-38(41)39-29-35(23-27-42(39)46)32-18-20-33(21-19-32)44-45-40-14-8-9-15-43(40)47(44)36-12-6-3-7-13-36/h2-29H,1H3. The van der Waals surface area contributed by atoms with Crippen LogP contribution in [0.2, 0.25) is 0 Å². The Bertz CT molecular complexity index is 2540. The number of benzene rings is 7. The zero-order valence-corrected chi connectivity index (χ0v) is 26.0. The Morgan fingerprint density at radius 3 is 1.55 bits per heavy atom. The first kappa shape index (κ1) is 27.1. The third-order valence-corrected chi connectivity index (χ3v) is 9.22. The summed E-state index contributed by atoms with van der Waals surface area (Å²) in [4.78, 5) is 5.07. The van der Waals surface area contributed by atoms with E-state index in [4.69, 9.17) is 4.98 Å². The summed E-state index contributed by atoms with van der Waals surface area (Å²) in [7, 11) is 0. The van der Waals surface area contributed by atoms with Crippen LogP contribution in [0.3, 0.4) is 0 Å². The molecule has 7 aromatic carbocycles. The van der Waals surface area contributed by atoms with Gasteiger partial charge < -0.3 is 4.57 Å². The van der Waals surface area contributed by atoms with Gasteiger partial charge in [0.05, 0.1) is 22.1 Å². The van der Waals surface area contributed by atoms with E-state index in [0.29, 0.717) is 0 Å². The van der Waals surface area contributed by atoms with Crippen molar-refractivity contribution in [3.05, 3.63) is 175 Å². The highest BCUT2D eigenvalue weighted by atomic mass is 15.1. The molecule has 0 fully saturated rings. The van der Waals surface area contributed by atoms with E-state index < -0.39 is 0 Å². The minimum Gasteiger partial charge on any atom is -0.309 e. The van der Waals surface area contributed by atoms with Crippen LogP contribution in [0.4, 0.5) is 0 Å². The molecule has 0 saturated carbocycles. The van der Waals surface area contributed by atoms with Crippen molar-refractivity contribution in [3.8, 4) is 45.0 Å². The molecule has 9 aromatic rings. The van der Waals surface area contributed by atoms with E-state index in [9.17, 15) is 0 Å². The van der Waals surface area contributed by atoms with Crippen LogP contribution in [-0.4, -0.2) is 14.1 Å². The molecule has 0 radical (unpaired) electrons. The topological polar surface area (TPSA) is 22.8 Å². The molecule has 2 aromatic heterocycles. The number of para-hydroxylation sites is 3. The molecule has 2 heterocycles. The lowest BCUT2D eigenvalue weighted by Gasteiger charge is -2.11. The van der Waals surface area contributed by atoms with Gasteiger partial charge in [0.1, 0.15) is 5.82 Å². The summed E-state index contributed by atoms with van der Waals surface area (Å²) in [5.74, 6) is 0.939. The fourth-order valence-corrected chi connectivity index (χ4v) is 6.85. The largest absolute Gasteiger partial charge is 0.309 e. The second kappa shape index (κ2) is 11.0. The molecule has 47 heavy (non-hydrogen) atoms. The molecule has 0 aliphatic carbocycles. The summed E-state index contributed by atoms with van der Waals surface area (Å²) < 4.78 is 4.64. The molecule has 0 N–H and O–H groups in total. The van der Waals surface area contributed by atoms with Crippen LogP contribution >= 0.6 is 0 Å². The van der Waals surface area contributed by atoms with Crippen LogP contribution in [0.5, 0.6) is 0 Å². The fourth-order valence-electron chi connectivity index (χ4n) is 6.85. The van der Waals surface area contributed by atoms with E-state index in [0.717, 1.165) is 28.1 Å². The molecule has 222 valence electrons. The molecule has 3 heteroatoms. The van der Waals surface area contributed by atoms with Gasteiger partial charge in [0, 0.05) is 27.7 Å². The average molecular weight is 602 g/mol. The number of rotatable bonds is 5. The van der Waals surface area contributed by atoms with Gasteiger partial charge in [-0.3, -0.25) is 4.57 Å². The first-order valence-corrected chi connectivity index (χ1v) is 16.1. The molecule has 9 rings (SSSR count). The molecular formula is C44H31N3. The molecule has 0 spiro atoms. The maximum Gasteiger partial charge on any atom is 0.145 e. The number of nitrogens with zero attached hydrogens (tertiary/aromatic N) is 3. The van der Waals surface area contributed by atoms with Gasteiger partial charge in [0.25, 0.3) is 0 Å². The fraction of sp³-hybridized carbons (Fsp3) is 0.0227. The van der Waals surface area contributed by atoms with Crippen LogP contribution in [-0.2, 0) is 0 Å². The van der Waals surface area contributed by atoms with Gasteiger partial charge >= 0.3 is 0 Å². The van der Waals surface area contributed by atoms with Crippen molar-refractivity contribution in [1.82, 2.24) is 14.1 Å². The Balaban J connectivity index is 1.18. The number of hydrogen-bond acceptors (Lipinski definition) is 1. The summed E-state index contributed by atoms with van der Waals surface area (Å²) in [6, 6.07) is 60.8. The van der Waals surface area contributed by atoms with E-state index >= 15 is 0 Å². The predicted molar refractivity (Wildman–Crippen MR) is 196 cm³/mol. The van der Waals surface area contributed by atoms with Gasteiger partial charge in [0.2, 0.25) is 0 Å². The van der Waals surface area contributed by atoms with Gasteiger partial charge in [-0.2, -0.15) is 0 Å². The van der Waals surface area contributed by atoms with Crippen LogP contribution in [0.1, 0.15) is 5.56 Å². The molecule has 0 unspecified atom stereocenters. The van der Waals surface area contributed by atoms with E-state index in [1.165, 1.54) is 55.3 Å². The molecule has 0 bridgehead atoms. The van der Waals surface area contributed by atoms with Crippen molar-refractivity contribution in [2.75, 3.05) is 0 Å². The Morgan fingerprint density at radius 1 is 0.383 bits per heavy atom. The molecule has 0 aliphatic heterocycles. The number of aryl methyl sites for hydroxylation is 1. The van der Waals surface area contributed by atoms with E-state index in [1.54, 1.807) is 0 Å². The van der Waals surface area contributed by atoms with E-state index in [1.807, 2.05) is 6.07 Å². The minimum atomic E-state index is 0.939. The quantitative estimate of drug-likeness (QED) is 0.192. The van der Waals surface area contributed by atoms with Crippen LogP contribution in [0.25, 0.3) is 77.9 Å². The minimum absolute atomic E-state index is 0.939. The summed E-state index contributed by atoms with van der Waals surface area (Å²) in [6.45, 7) is 2.14. The van der Waals surface area contributed by atoms with E-state index in [-0.39, 0.29) is 0 Å². The highest BCUT2D eigenvalue weighted by Crippen LogP contribution is 2.38. The average Bonchev–Trinajstić information content (AvgIpc) is 3.68. The van der Waals surface area contributed by atoms with Crippen molar-refractivity contribution >= 4 is 32.8 Å². The normalized spacial score (nSPS) is 11.5. The lowest BCUT2D eigenvalue weighted by Crippen LogP contribution is -1.97. The number of hydrogen-bond donors (Lipinski definition) is 0. The molecule has 0 saturated heterocycles. The Hall–Kier alpha value is -6.19. The van der Waals surface area contributed by atoms with Crippen molar-refractivity contribution in [3.63, 3.8) is 0 Å². The lowest BCUT2D eigenvalue weighted by molar-refractivity contribution is 1.10. The Morgan fingerprint density at radius 2 is 0.894 bits per heavy atom. The van der Waals surface area contributed by atoms with Gasteiger partial charge in [-0.05, 0) is 89.8 Å². The van der Waals surface area contributed by atoms with E-state index in [2.05, 4.69) is 180 Å². The zero-order valence-electron chi connectivity index (χ0n) is 26.0. The number of aromatic nitrogens is 3. The number of fused-ring (bicyclic) bond motifs is 4. The highest BCUT2D eigenvalue weighted by Gasteiger charge is 2.16. The molecule has 0 aliphatic rings. The highest BCUT2D eigenvalue weighted by molar-refractivity contribution is 6.11. The van der Waals surface area contributed by atoms with Crippen LogP contribution < -0.4 is 0 Å². The van der Waals surface area contributed by atoms with Gasteiger partial charge in [-0.15, -0.1) is 0 Å². The summed E-state index contributed by atoms with van der Waals surface area (Å²) in [5.41, 5.74) is 13.9. The third kappa shape index (κ3) is 4.63. The Kier molecular flexibility index (Phi) is 6.36. The summed E-state index contributed by atoms with van der Waals surface area (Å²) >= 11 is 0. The molecule has 0 atom stereocenters. The van der Waals surface area contributed by atoms with Gasteiger partial charge in [-0.1, -0.05) is 115 Å². The lowest BCUT2D eigenvalue weighted by atomic mass is 9.99. The molecular weight excluding hydrogens is 571 g/mol. The maximum absolute atomic E-state index is 5.07. The second-order valence-corrected chi connectivity index (χ2v) is 12.2. The number of imidazole rings is 1. The summed E-state index contributed by atoms with van der Waals surface area (Å²) in [6.07, 6.45) is 0. The van der Waals surface area contributed by atoms with Gasteiger partial charge in [-0.25, -0.2) is 4.98 Å². The molecule has 3 nitrogen and oxygen atoms in total. The monoisotopic (exact) mass is 601 g/mol. The predicted octanol–water partition coefficient (Wildman–Crippen LogP) is 11.4. The van der Waals surface area contributed by atoms with Crippen molar-refractivity contribution < 1.29 is 0 Å². The third-order valence-electron chi connectivity index (χ3n) is 9.22. The van der Waals surface area contributed by atoms with Gasteiger partial charge in [0.15, 0.2) is 0 Å². The first-order chi connectivity index (χ1) is 23.2. The second-order valence-electron chi connectivity index (χ2n) is 12.2. The van der Waals surface area contributed by atoms with Crippen molar-refractivity contribution in [2.24, 2.45) is 0 Å². The van der Waals surface area contributed by atoms with Crippen LogP contribution in [0, 0.1) is 6.92 Å². The Labute approximate surface area is 273 Å². The first-order valence-electron chi connectivity index (χ1n) is 16.1. The zero-order chi connectivity index (χ0) is 31.3. The molecule has 0 amide bonds. The summed E-state index contributed by atoms with van der Waals surface area (Å²) in [5, 5.41) is 2.49. The smallest absolute Gasteiger partial charge is 0.145 e. The maximum atomic E-state index is 5.07. The van der Waals surface area contributed by atoms with Crippen molar-refractivity contribution in [1.29, 1.82) is 0 Å². The van der Waals surface area contributed by atoms with Crippen molar-refractivity contribution in [2.45, 2.75) is 6.92 Å². The van der Waals surface area contributed by atoms with Crippen LogP contribution in [0.15, 0.2) is 170 Å². The SMILES string of the molecule is Cc1ccc(-n2c3ccc(-c4ccccc4)cc3c3cc(-c4ccc(-c5nc6ccccc6n5-c5ccccc5)cc4)ccc32)cc1.